The standard InChI is InChI=1S/C21H29N3O3.HI/c1-16-5-8-18(20(13-16)26-4)15-24-21(22-2)23-14-17-6-9-19(10-7-17)27-12-11-25-3;/h5-10,13H,11-12,14-15H2,1-4H3,(H2,22,23,24);1H. The van der Waals surface area contributed by atoms with E-state index in [1.54, 1.807) is 21.3 Å². The largest absolute Gasteiger partial charge is 0.496 e. The smallest absolute Gasteiger partial charge is 0.191 e. The van der Waals surface area contributed by atoms with Crippen LogP contribution in [0.5, 0.6) is 11.5 Å². The van der Waals surface area contributed by atoms with E-state index in [1.165, 1.54) is 5.56 Å². The van der Waals surface area contributed by atoms with Gasteiger partial charge in [0.05, 0.1) is 13.7 Å². The Morgan fingerprint density at radius 1 is 0.964 bits per heavy atom. The van der Waals surface area contributed by atoms with Crippen molar-refractivity contribution in [2.75, 3.05) is 34.5 Å². The van der Waals surface area contributed by atoms with Gasteiger partial charge in [-0.2, -0.15) is 0 Å². The van der Waals surface area contributed by atoms with Crippen LogP contribution in [0.4, 0.5) is 0 Å². The molecule has 0 saturated heterocycles. The number of nitrogens with zero attached hydrogens (tertiary/aromatic N) is 1. The van der Waals surface area contributed by atoms with E-state index in [1.807, 2.05) is 37.3 Å². The molecule has 2 aromatic rings. The highest BCUT2D eigenvalue weighted by Crippen LogP contribution is 2.19. The number of nitrogens with one attached hydrogen (secondary N) is 2. The molecule has 0 heterocycles. The van der Waals surface area contributed by atoms with Gasteiger partial charge >= 0.3 is 0 Å². The van der Waals surface area contributed by atoms with Gasteiger partial charge in [0, 0.05) is 32.8 Å². The number of methoxy groups -OCH3 is 2. The van der Waals surface area contributed by atoms with Crippen molar-refractivity contribution >= 4 is 29.9 Å². The Hall–Kier alpha value is -2.00. The molecule has 0 bridgehead atoms. The van der Waals surface area contributed by atoms with Gasteiger partial charge in [-0.05, 0) is 36.2 Å². The quantitative estimate of drug-likeness (QED) is 0.239. The highest BCUT2D eigenvalue weighted by atomic mass is 127. The number of benzene rings is 2. The van der Waals surface area contributed by atoms with Gasteiger partial charge in [0.15, 0.2) is 5.96 Å². The third-order valence-electron chi connectivity index (χ3n) is 4.05. The molecule has 154 valence electrons. The summed E-state index contributed by atoms with van der Waals surface area (Å²) in [6, 6.07) is 14.2. The first-order valence-corrected chi connectivity index (χ1v) is 8.95. The van der Waals surface area contributed by atoms with Crippen molar-refractivity contribution in [3.63, 3.8) is 0 Å². The minimum atomic E-state index is 0. The van der Waals surface area contributed by atoms with Crippen LogP contribution in [0, 0.1) is 6.92 Å². The normalized spacial score (nSPS) is 10.8. The molecular weight excluding hydrogens is 469 g/mol. The van der Waals surface area contributed by atoms with Crippen molar-refractivity contribution in [1.29, 1.82) is 0 Å². The third kappa shape index (κ3) is 7.93. The molecule has 0 unspecified atom stereocenters. The Morgan fingerprint density at radius 3 is 2.32 bits per heavy atom. The predicted octanol–water partition coefficient (Wildman–Crippen LogP) is 3.51. The van der Waals surface area contributed by atoms with Gasteiger partial charge in [-0.25, -0.2) is 0 Å². The zero-order valence-corrected chi connectivity index (χ0v) is 19.3. The number of aliphatic imine (C=N–C) groups is 1. The molecule has 0 fully saturated rings. The summed E-state index contributed by atoms with van der Waals surface area (Å²) in [4.78, 5) is 4.27. The molecule has 0 spiro atoms. The first-order chi connectivity index (χ1) is 13.2. The van der Waals surface area contributed by atoms with E-state index >= 15 is 0 Å². The van der Waals surface area contributed by atoms with Crippen LogP contribution in [-0.2, 0) is 17.8 Å². The van der Waals surface area contributed by atoms with Gasteiger partial charge in [-0.1, -0.05) is 24.3 Å². The molecule has 6 nitrogen and oxygen atoms in total. The zero-order valence-electron chi connectivity index (χ0n) is 17.0. The monoisotopic (exact) mass is 499 g/mol. The van der Waals surface area contributed by atoms with Gasteiger partial charge < -0.3 is 24.8 Å². The number of guanidine groups is 1. The second-order valence-corrected chi connectivity index (χ2v) is 6.08. The van der Waals surface area contributed by atoms with E-state index in [0.29, 0.717) is 26.3 Å². The first kappa shape index (κ1) is 24.0. The molecule has 0 aliphatic carbocycles. The van der Waals surface area contributed by atoms with Crippen LogP contribution in [0.3, 0.4) is 0 Å². The highest BCUT2D eigenvalue weighted by Gasteiger charge is 2.05. The highest BCUT2D eigenvalue weighted by molar-refractivity contribution is 14.0. The lowest BCUT2D eigenvalue weighted by Gasteiger charge is -2.14. The summed E-state index contributed by atoms with van der Waals surface area (Å²) >= 11 is 0. The second-order valence-electron chi connectivity index (χ2n) is 6.08. The maximum Gasteiger partial charge on any atom is 0.191 e. The molecule has 28 heavy (non-hydrogen) atoms. The van der Waals surface area contributed by atoms with Crippen LogP contribution < -0.4 is 20.1 Å². The second kappa shape index (κ2) is 13.2. The van der Waals surface area contributed by atoms with E-state index in [-0.39, 0.29) is 24.0 Å². The minimum absolute atomic E-state index is 0. The Morgan fingerprint density at radius 2 is 1.68 bits per heavy atom. The summed E-state index contributed by atoms with van der Waals surface area (Å²) in [5.41, 5.74) is 3.40. The molecule has 2 aromatic carbocycles. The van der Waals surface area contributed by atoms with Crippen LogP contribution in [0.25, 0.3) is 0 Å². The third-order valence-corrected chi connectivity index (χ3v) is 4.05. The molecular formula is C21H30IN3O3. The maximum absolute atomic E-state index is 5.57. The molecule has 2 rings (SSSR count). The summed E-state index contributed by atoms with van der Waals surface area (Å²) in [6.07, 6.45) is 0. The molecule has 0 aromatic heterocycles. The number of rotatable bonds is 9. The number of aryl methyl sites for hydroxylation is 1. The van der Waals surface area contributed by atoms with Crippen molar-refractivity contribution in [2.45, 2.75) is 20.0 Å². The number of hydrogen-bond acceptors (Lipinski definition) is 4. The van der Waals surface area contributed by atoms with Crippen molar-refractivity contribution in [3.05, 3.63) is 59.2 Å². The maximum atomic E-state index is 5.57. The fraction of sp³-hybridized carbons (Fsp3) is 0.381. The lowest BCUT2D eigenvalue weighted by Crippen LogP contribution is -2.36. The van der Waals surface area contributed by atoms with E-state index < -0.39 is 0 Å². The van der Waals surface area contributed by atoms with Gasteiger partial charge in [0.25, 0.3) is 0 Å². The summed E-state index contributed by atoms with van der Waals surface area (Å²) < 4.78 is 16.0. The predicted molar refractivity (Wildman–Crippen MR) is 124 cm³/mol. The van der Waals surface area contributed by atoms with Crippen LogP contribution >= 0.6 is 24.0 Å². The molecule has 0 radical (unpaired) electrons. The van der Waals surface area contributed by atoms with Gasteiger partial charge in [-0.15, -0.1) is 24.0 Å². The van der Waals surface area contributed by atoms with Gasteiger partial charge in [0.2, 0.25) is 0 Å². The van der Waals surface area contributed by atoms with Crippen LogP contribution in [0.1, 0.15) is 16.7 Å². The Bertz CT molecular complexity index is 736. The summed E-state index contributed by atoms with van der Waals surface area (Å²) in [5, 5.41) is 6.63. The fourth-order valence-electron chi connectivity index (χ4n) is 2.53. The van der Waals surface area contributed by atoms with Crippen LogP contribution in [0.2, 0.25) is 0 Å². The van der Waals surface area contributed by atoms with Gasteiger partial charge in [-0.3, -0.25) is 4.99 Å². The molecule has 7 heteroatoms. The molecule has 0 saturated carbocycles. The SMILES string of the molecule is CN=C(NCc1ccc(OCCOC)cc1)NCc1ccc(C)cc1OC.I. The molecule has 0 aliphatic heterocycles. The topological polar surface area (TPSA) is 64.1 Å². The van der Waals surface area contributed by atoms with Crippen molar-refractivity contribution in [3.8, 4) is 11.5 Å². The van der Waals surface area contributed by atoms with Crippen molar-refractivity contribution < 1.29 is 14.2 Å². The lowest BCUT2D eigenvalue weighted by atomic mass is 10.1. The van der Waals surface area contributed by atoms with E-state index in [2.05, 4.69) is 27.8 Å². The van der Waals surface area contributed by atoms with E-state index in [4.69, 9.17) is 14.2 Å². The number of hydrogen-bond donors (Lipinski definition) is 2. The van der Waals surface area contributed by atoms with E-state index in [0.717, 1.165) is 28.6 Å². The Labute approximate surface area is 184 Å². The first-order valence-electron chi connectivity index (χ1n) is 8.95. The summed E-state index contributed by atoms with van der Waals surface area (Å²) in [5.74, 6) is 2.45. The van der Waals surface area contributed by atoms with Crippen molar-refractivity contribution in [2.24, 2.45) is 4.99 Å². The number of halogens is 1. The summed E-state index contributed by atoms with van der Waals surface area (Å²) in [7, 11) is 5.11. The lowest BCUT2D eigenvalue weighted by molar-refractivity contribution is 0.146. The average molecular weight is 499 g/mol. The average Bonchev–Trinajstić information content (AvgIpc) is 2.70. The summed E-state index contributed by atoms with van der Waals surface area (Å²) in [6.45, 7) is 4.48. The zero-order chi connectivity index (χ0) is 19.5. The molecule has 0 atom stereocenters. The molecule has 2 N–H and O–H groups in total. The Balaban J connectivity index is 0.00000392. The Kier molecular flexibility index (Phi) is 11.4. The minimum Gasteiger partial charge on any atom is -0.496 e. The molecule has 0 aliphatic rings. The fourth-order valence-corrected chi connectivity index (χ4v) is 2.53. The number of ether oxygens (including phenoxy) is 3. The van der Waals surface area contributed by atoms with Crippen LogP contribution in [-0.4, -0.2) is 40.4 Å². The van der Waals surface area contributed by atoms with Crippen LogP contribution in [0.15, 0.2) is 47.5 Å². The molecule has 0 amide bonds. The van der Waals surface area contributed by atoms with Gasteiger partial charge in [0.1, 0.15) is 18.1 Å². The van der Waals surface area contributed by atoms with E-state index in [9.17, 15) is 0 Å². The van der Waals surface area contributed by atoms with Crippen molar-refractivity contribution in [1.82, 2.24) is 10.6 Å².